The van der Waals surface area contributed by atoms with Crippen LogP contribution in [-0.2, 0) is 11.2 Å². The quantitative estimate of drug-likeness (QED) is 0.223. The van der Waals surface area contributed by atoms with E-state index in [0.29, 0.717) is 28.9 Å². The standard InChI is InChI=1S/C29H24F6O2S/c1-2-3-21-12-18-8-10-22(26(32)28(18)38-21)19-9-11-25(36-15-19)17-6-4-16(5-7-17)20-13-23(30)27(24(31)14-20)37-29(33,34)35/h4-8,10,12-14,19,25H,2-3,9,11,15H2,1H3. The van der Waals surface area contributed by atoms with Gasteiger partial charge in [0.2, 0.25) is 5.75 Å². The van der Waals surface area contributed by atoms with Gasteiger partial charge in [0.05, 0.1) is 17.4 Å². The van der Waals surface area contributed by atoms with Gasteiger partial charge in [-0.1, -0.05) is 49.7 Å². The molecule has 9 heteroatoms. The molecule has 200 valence electrons. The minimum absolute atomic E-state index is 0.0602. The van der Waals surface area contributed by atoms with Crippen molar-refractivity contribution in [2.45, 2.75) is 51.0 Å². The molecule has 1 aliphatic rings. The van der Waals surface area contributed by atoms with E-state index in [-0.39, 0.29) is 23.4 Å². The van der Waals surface area contributed by atoms with Gasteiger partial charge >= 0.3 is 6.36 Å². The molecule has 4 aromatic rings. The summed E-state index contributed by atoms with van der Waals surface area (Å²) in [5.41, 5.74) is 2.02. The summed E-state index contributed by atoms with van der Waals surface area (Å²) in [6.07, 6.45) is -2.08. The highest BCUT2D eigenvalue weighted by molar-refractivity contribution is 7.19. The number of fused-ring (bicyclic) bond motifs is 1. The van der Waals surface area contributed by atoms with Gasteiger partial charge in [-0.05, 0) is 65.1 Å². The Morgan fingerprint density at radius 2 is 1.63 bits per heavy atom. The molecule has 0 aliphatic carbocycles. The zero-order chi connectivity index (χ0) is 27.0. The highest BCUT2D eigenvalue weighted by atomic mass is 32.1. The lowest BCUT2D eigenvalue weighted by Crippen LogP contribution is -2.20. The Labute approximate surface area is 219 Å². The van der Waals surface area contributed by atoms with Crippen molar-refractivity contribution in [2.75, 3.05) is 6.61 Å². The maximum Gasteiger partial charge on any atom is 0.573 e. The van der Waals surface area contributed by atoms with Crippen LogP contribution in [0.2, 0.25) is 0 Å². The molecule has 2 nitrogen and oxygen atoms in total. The fourth-order valence-corrected chi connectivity index (χ4v) is 6.12. The van der Waals surface area contributed by atoms with Gasteiger partial charge in [-0.2, -0.15) is 0 Å². The lowest BCUT2D eigenvalue weighted by molar-refractivity contribution is -0.276. The Balaban J connectivity index is 1.27. The SMILES string of the molecule is CCCc1cc2ccc(C3CCC(c4ccc(-c5cc(F)c(OC(F)(F)F)c(F)c5)cc4)OC3)c(F)c2s1. The molecule has 0 N–H and O–H groups in total. The second-order valence-electron chi connectivity index (χ2n) is 9.38. The van der Waals surface area contributed by atoms with Crippen LogP contribution in [-0.4, -0.2) is 13.0 Å². The molecule has 5 rings (SSSR count). The number of thiophene rings is 1. The molecule has 2 heterocycles. The lowest BCUT2D eigenvalue weighted by atomic mass is 9.88. The first-order valence-corrected chi connectivity index (χ1v) is 13.1. The van der Waals surface area contributed by atoms with Crippen molar-refractivity contribution in [1.82, 2.24) is 0 Å². The van der Waals surface area contributed by atoms with Crippen molar-refractivity contribution in [1.29, 1.82) is 0 Å². The van der Waals surface area contributed by atoms with Gasteiger partial charge in [0.25, 0.3) is 0 Å². The molecule has 3 aromatic carbocycles. The van der Waals surface area contributed by atoms with Crippen LogP contribution in [0.5, 0.6) is 5.75 Å². The van der Waals surface area contributed by atoms with E-state index in [4.69, 9.17) is 4.74 Å². The van der Waals surface area contributed by atoms with Gasteiger partial charge in [0, 0.05) is 10.8 Å². The van der Waals surface area contributed by atoms with Crippen LogP contribution in [0.1, 0.15) is 54.2 Å². The zero-order valence-corrected chi connectivity index (χ0v) is 21.2. The number of rotatable bonds is 6. The fourth-order valence-electron chi connectivity index (χ4n) is 4.91. The summed E-state index contributed by atoms with van der Waals surface area (Å²) in [5.74, 6) is -4.61. The van der Waals surface area contributed by atoms with Crippen molar-refractivity contribution < 1.29 is 35.8 Å². The normalized spacial score (nSPS) is 18.2. The molecule has 0 saturated carbocycles. The maximum atomic E-state index is 15.3. The Morgan fingerprint density at radius 1 is 0.921 bits per heavy atom. The minimum Gasteiger partial charge on any atom is -0.399 e. The summed E-state index contributed by atoms with van der Waals surface area (Å²) in [7, 11) is 0. The van der Waals surface area contributed by atoms with E-state index < -0.39 is 23.7 Å². The summed E-state index contributed by atoms with van der Waals surface area (Å²) in [6, 6.07) is 14.2. The maximum absolute atomic E-state index is 15.3. The van der Waals surface area contributed by atoms with Gasteiger partial charge in [-0.25, -0.2) is 13.2 Å². The van der Waals surface area contributed by atoms with E-state index in [1.165, 1.54) is 16.2 Å². The van der Waals surface area contributed by atoms with E-state index in [0.717, 1.165) is 42.3 Å². The van der Waals surface area contributed by atoms with E-state index >= 15 is 4.39 Å². The number of alkyl halides is 3. The molecule has 2 unspecified atom stereocenters. The first kappa shape index (κ1) is 26.6. The Morgan fingerprint density at radius 3 is 2.24 bits per heavy atom. The van der Waals surface area contributed by atoms with Gasteiger partial charge in [-0.15, -0.1) is 24.5 Å². The average Bonchev–Trinajstić information content (AvgIpc) is 3.30. The number of ether oxygens (including phenoxy) is 2. The zero-order valence-electron chi connectivity index (χ0n) is 20.4. The van der Waals surface area contributed by atoms with E-state index in [1.54, 1.807) is 24.3 Å². The van der Waals surface area contributed by atoms with E-state index in [9.17, 15) is 22.0 Å². The third-order valence-corrected chi connectivity index (χ3v) is 7.95. The molecule has 0 amide bonds. The number of hydrogen-bond donors (Lipinski definition) is 0. The van der Waals surface area contributed by atoms with Crippen molar-refractivity contribution in [3.05, 3.63) is 88.1 Å². The largest absolute Gasteiger partial charge is 0.573 e. The Hall–Kier alpha value is -3.04. The molecule has 1 fully saturated rings. The molecule has 1 aliphatic heterocycles. The van der Waals surface area contributed by atoms with Crippen LogP contribution in [0, 0.1) is 17.5 Å². The topological polar surface area (TPSA) is 18.5 Å². The van der Waals surface area contributed by atoms with Crippen LogP contribution >= 0.6 is 11.3 Å². The molecule has 0 radical (unpaired) electrons. The van der Waals surface area contributed by atoms with Gasteiger partial charge in [0.15, 0.2) is 11.6 Å². The number of benzene rings is 3. The van der Waals surface area contributed by atoms with Crippen LogP contribution in [0.15, 0.2) is 54.6 Å². The predicted octanol–water partition coefficient (Wildman–Crippen LogP) is 9.47. The Kier molecular flexibility index (Phi) is 7.42. The van der Waals surface area contributed by atoms with Crippen molar-refractivity contribution in [2.24, 2.45) is 0 Å². The smallest absolute Gasteiger partial charge is 0.399 e. The molecule has 1 aromatic heterocycles. The van der Waals surface area contributed by atoms with E-state index in [2.05, 4.69) is 17.7 Å². The second-order valence-corrected chi connectivity index (χ2v) is 10.5. The molecule has 2 atom stereocenters. The second kappa shape index (κ2) is 10.6. The number of aryl methyl sites for hydroxylation is 1. The van der Waals surface area contributed by atoms with Gasteiger partial charge in [-0.3, -0.25) is 0 Å². The van der Waals surface area contributed by atoms with Crippen molar-refractivity contribution in [3.8, 4) is 16.9 Å². The van der Waals surface area contributed by atoms with Crippen molar-refractivity contribution in [3.63, 3.8) is 0 Å². The average molecular weight is 551 g/mol. The third-order valence-electron chi connectivity index (χ3n) is 6.75. The third kappa shape index (κ3) is 5.54. The summed E-state index contributed by atoms with van der Waals surface area (Å²) < 4.78 is 90.9. The number of hydrogen-bond acceptors (Lipinski definition) is 3. The lowest BCUT2D eigenvalue weighted by Gasteiger charge is -2.30. The highest BCUT2D eigenvalue weighted by Crippen LogP contribution is 2.40. The molecule has 38 heavy (non-hydrogen) atoms. The van der Waals surface area contributed by atoms with Crippen molar-refractivity contribution >= 4 is 21.4 Å². The van der Waals surface area contributed by atoms with Crippen LogP contribution in [0.25, 0.3) is 21.2 Å². The monoisotopic (exact) mass is 550 g/mol. The summed E-state index contributed by atoms with van der Waals surface area (Å²) >= 11 is 1.51. The van der Waals surface area contributed by atoms with Crippen LogP contribution in [0.3, 0.4) is 0 Å². The molecular formula is C29H24F6O2S. The van der Waals surface area contributed by atoms with Gasteiger partial charge < -0.3 is 9.47 Å². The molecule has 1 saturated heterocycles. The summed E-state index contributed by atoms with van der Waals surface area (Å²) in [6.45, 7) is 2.46. The molecule has 0 bridgehead atoms. The fraction of sp³-hybridized carbons (Fsp3) is 0.310. The summed E-state index contributed by atoms with van der Waals surface area (Å²) in [5, 5.41) is 0.927. The Bertz CT molecular complexity index is 1410. The van der Waals surface area contributed by atoms with Crippen LogP contribution in [0.4, 0.5) is 26.3 Å². The number of halogens is 6. The minimum atomic E-state index is -5.20. The molecule has 0 spiro atoms. The predicted molar refractivity (Wildman–Crippen MR) is 135 cm³/mol. The first-order valence-electron chi connectivity index (χ1n) is 12.3. The van der Waals surface area contributed by atoms with Gasteiger partial charge in [0.1, 0.15) is 5.82 Å². The molecular weight excluding hydrogens is 526 g/mol. The van der Waals surface area contributed by atoms with E-state index in [1.807, 2.05) is 12.1 Å². The summed E-state index contributed by atoms with van der Waals surface area (Å²) in [4.78, 5) is 1.18. The highest BCUT2D eigenvalue weighted by Gasteiger charge is 2.34. The first-order chi connectivity index (χ1) is 18.1. The van der Waals surface area contributed by atoms with Crippen LogP contribution < -0.4 is 4.74 Å².